The number of para-hydroxylation sites is 1. The molecule has 0 spiro atoms. The predicted molar refractivity (Wildman–Crippen MR) is 79.4 cm³/mol. The SMILES string of the molecule is Cc1ccc(C)c(C(C)Nc2ccccc2C(F)(F)F)c1. The van der Waals surface area contributed by atoms with Gasteiger partial charge in [0.15, 0.2) is 0 Å². The average Bonchev–Trinajstić information content (AvgIpc) is 2.41. The maximum absolute atomic E-state index is 13.0. The fourth-order valence-electron chi connectivity index (χ4n) is 2.39. The molecule has 1 N–H and O–H groups in total. The Morgan fingerprint density at radius 1 is 1.00 bits per heavy atom. The lowest BCUT2D eigenvalue weighted by Crippen LogP contribution is -2.14. The summed E-state index contributed by atoms with van der Waals surface area (Å²) in [6.07, 6.45) is -4.36. The summed E-state index contributed by atoms with van der Waals surface area (Å²) in [5.41, 5.74) is 2.63. The molecule has 0 saturated heterocycles. The summed E-state index contributed by atoms with van der Waals surface area (Å²) in [5, 5.41) is 2.98. The fourth-order valence-corrected chi connectivity index (χ4v) is 2.39. The lowest BCUT2D eigenvalue weighted by atomic mass is 9.99. The highest BCUT2D eigenvalue weighted by Crippen LogP contribution is 2.36. The Hall–Kier alpha value is -1.97. The molecule has 4 heteroatoms. The largest absolute Gasteiger partial charge is 0.418 e. The van der Waals surface area contributed by atoms with Crippen molar-refractivity contribution in [3.05, 3.63) is 64.7 Å². The van der Waals surface area contributed by atoms with Crippen LogP contribution in [0.3, 0.4) is 0 Å². The van der Waals surface area contributed by atoms with Crippen LogP contribution in [0.5, 0.6) is 0 Å². The normalized spacial score (nSPS) is 13.0. The minimum atomic E-state index is -4.36. The number of nitrogens with one attached hydrogen (secondary N) is 1. The van der Waals surface area contributed by atoms with E-state index in [-0.39, 0.29) is 11.7 Å². The van der Waals surface area contributed by atoms with Gasteiger partial charge in [-0.1, -0.05) is 35.9 Å². The Morgan fingerprint density at radius 2 is 1.67 bits per heavy atom. The van der Waals surface area contributed by atoms with Gasteiger partial charge in [-0.05, 0) is 44.0 Å². The van der Waals surface area contributed by atoms with E-state index in [4.69, 9.17) is 0 Å². The van der Waals surface area contributed by atoms with Crippen molar-refractivity contribution in [3.8, 4) is 0 Å². The molecule has 0 aliphatic rings. The van der Waals surface area contributed by atoms with Crippen LogP contribution in [0, 0.1) is 13.8 Å². The van der Waals surface area contributed by atoms with Crippen LogP contribution in [-0.4, -0.2) is 0 Å². The summed E-state index contributed by atoms with van der Waals surface area (Å²) in [6.45, 7) is 5.80. The van der Waals surface area contributed by atoms with Gasteiger partial charge in [-0.3, -0.25) is 0 Å². The van der Waals surface area contributed by atoms with E-state index in [1.54, 1.807) is 6.07 Å². The third-order valence-corrected chi connectivity index (χ3v) is 3.51. The quantitative estimate of drug-likeness (QED) is 0.788. The molecule has 1 nitrogen and oxygen atoms in total. The first-order valence-electron chi connectivity index (χ1n) is 6.79. The Balaban J connectivity index is 2.32. The summed E-state index contributed by atoms with van der Waals surface area (Å²) in [5.74, 6) is 0. The van der Waals surface area contributed by atoms with Gasteiger partial charge in [0.1, 0.15) is 0 Å². The number of aryl methyl sites for hydroxylation is 2. The maximum atomic E-state index is 13.0. The van der Waals surface area contributed by atoms with Crippen molar-refractivity contribution in [1.82, 2.24) is 0 Å². The monoisotopic (exact) mass is 293 g/mol. The average molecular weight is 293 g/mol. The van der Waals surface area contributed by atoms with Gasteiger partial charge < -0.3 is 5.32 Å². The zero-order chi connectivity index (χ0) is 15.6. The number of rotatable bonds is 3. The number of benzene rings is 2. The van der Waals surface area contributed by atoms with Gasteiger partial charge in [0.05, 0.1) is 5.56 Å². The van der Waals surface area contributed by atoms with Gasteiger partial charge in [0.25, 0.3) is 0 Å². The minimum Gasteiger partial charge on any atom is -0.378 e. The Kier molecular flexibility index (Phi) is 4.26. The molecule has 0 radical (unpaired) electrons. The molecule has 0 aliphatic heterocycles. The first-order chi connectivity index (χ1) is 9.79. The van der Waals surface area contributed by atoms with Crippen LogP contribution in [-0.2, 0) is 6.18 Å². The molecule has 21 heavy (non-hydrogen) atoms. The van der Waals surface area contributed by atoms with Gasteiger partial charge in [-0.2, -0.15) is 13.2 Å². The lowest BCUT2D eigenvalue weighted by molar-refractivity contribution is -0.137. The second-order valence-corrected chi connectivity index (χ2v) is 5.27. The van der Waals surface area contributed by atoms with Crippen molar-refractivity contribution in [3.63, 3.8) is 0 Å². The molecule has 0 amide bonds. The lowest BCUT2D eigenvalue weighted by Gasteiger charge is -2.21. The van der Waals surface area contributed by atoms with E-state index >= 15 is 0 Å². The molecule has 0 fully saturated rings. The summed E-state index contributed by atoms with van der Waals surface area (Å²) in [7, 11) is 0. The Morgan fingerprint density at radius 3 is 2.33 bits per heavy atom. The molecular weight excluding hydrogens is 275 g/mol. The molecule has 1 unspecified atom stereocenters. The summed E-state index contributed by atoms with van der Waals surface area (Å²) in [6, 6.07) is 11.3. The van der Waals surface area contributed by atoms with Crippen molar-refractivity contribution in [2.75, 3.05) is 5.32 Å². The summed E-state index contributed by atoms with van der Waals surface area (Å²) >= 11 is 0. The highest BCUT2D eigenvalue weighted by molar-refractivity contribution is 5.54. The van der Waals surface area contributed by atoms with E-state index in [2.05, 4.69) is 5.32 Å². The molecule has 2 rings (SSSR count). The van der Waals surface area contributed by atoms with E-state index in [1.165, 1.54) is 12.1 Å². The molecule has 1 atom stereocenters. The summed E-state index contributed by atoms with van der Waals surface area (Å²) in [4.78, 5) is 0. The van der Waals surface area contributed by atoms with Crippen LogP contribution >= 0.6 is 0 Å². The molecule has 0 aromatic heterocycles. The third kappa shape index (κ3) is 3.57. The van der Waals surface area contributed by atoms with E-state index in [0.717, 1.165) is 22.8 Å². The number of hydrogen-bond donors (Lipinski definition) is 1. The van der Waals surface area contributed by atoms with Gasteiger partial charge in [-0.15, -0.1) is 0 Å². The smallest absolute Gasteiger partial charge is 0.378 e. The van der Waals surface area contributed by atoms with Gasteiger partial charge in [-0.25, -0.2) is 0 Å². The van der Waals surface area contributed by atoms with E-state index < -0.39 is 11.7 Å². The second-order valence-electron chi connectivity index (χ2n) is 5.27. The maximum Gasteiger partial charge on any atom is 0.418 e. The molecule has 0 saturated carbocycles. The van der Waals surface area contributed by atoms with Gasteiger partial charge >= 0.3 is 6.18 Å². The van der Waals surface area contributed by atoms with Crippen LogP contribution in [0.1, 0.15) is 35.2 Å². The summed E-state index contributed by atoms with van der Waals surface area (Å²) < 4.78 is 39.0. The van der Waals surface area contributed by atoms with Crippen molar-refractivity contribution in [1.29, 1.82) is 0 Å². The van der Waals surface area contributed by atoms with Crippen molar-refractivity contribution in [2.45, 2.75) is 33.0 Å². The topological polar surface area (TPSA) is 12.0 Å². The zero-order valence-corrected chi connectivity index (χ0v) is 12.3. The molecule has 2 aromatic rings. The Labute approximate surface area is 122 Å². The zero-order valence-electron chi connectivity index (χ0n) is 12.3. The van der Waals surface area contributed by atoms with Crippen molar-refractivity contribution < 1.29 is 13.2 Å². The standard InChI is InChI=1S/C17H18F3N/c1-11-8-9-12(2)14(10-11)13(3)21-16-7-5-4-6-15(16)17(18,19)20/h4-10,13,21H,1-3H3. The number of anilines is 1. The van der Waals surface area contributed by atoms with E-state index in [1.807, 2.05) is 39.0 Å². The van der Waals surface area contributed by atoms with E-state index in [9.17, 15) is 13.2 Å². The molecule has 2 aromatic carbocycles. The highest BCUT2D eigenvalue weighted by atomic mass is 19.4. The van der Waals surface area contributed by atoms with E-state index in [0.29, 0.717) is 0 Å². The third-order valence-electron chi connectivity index (χ3n) is 3.51. The number of alkyl halides is 3. The van der Waals surface area contributed by atoms with Gasteiger partial charge in [0.2, 0.25) is 0 Å². The van der Waals surface area contributed by atoms with Crippen LogP contribution in [0.4, 0.5) is 18.9 Å². The first kappa shape index (κ1) is 15.4. The van der Waals surface area contributed by atoms with Crippen LogP contribution in [0.2, 0.25) is 0 Å². The first-order valence-corrected chi connectivity index (χ1v) is 6.79. The second kappa shape index (κ2) is 5.80. The van der Waals surface area contributed by atoms with Crippen LogP contribution in [0.15, 0.2) is 42.5 Å². The number of hydrogen-bond acceptors (Lipinski definition) is 1. The molecule has 0 heterocycles. The van der Waals surface area contributed by atoms with Crippen LogP contribution < -0.4 is 5.32 Å². The number of halogens is 3. The predicted octanol–water partition coefficient (Wildman–Crippen LogP) is 5.50. The fraction of sp³-hybridized carbons (Fsp3) is 0.294. The van der Waals surface area contributed by atoms with Crippen molar-refractivity contribution in [2.24, 2.45) is 0 Å². The molecule has 112 valence electrons. The molecule has 0 aliphatic carbocycles. The van der Waals surface area contributed by atoms with Crippen LogP contribution in [0.25, 0.3) is 0 Å². The molecule has 0 bridgehead atoms. The van der Waals surface area contributed by atoms with Crippen molar-refractivity contribution >= 4 is 5.69 Å². The molecular formula is C17H18F3N. The minimum absolute atomic E-state index is 0.110. The highest BCUT2D eigenvalue weighted by Gasteiger charge is 2.33. The van der Waals surface area contributed by atoms with Gasteiger partial charge in [0, 0.05) is 11.7 Å². The Bertz CT molecular complexity index is 632.